The summed E-state index contributed by atoms with van der Waals surface area (Å²) in [6.45, 7) is 0.0645. The zero-order valence-corrected chi connectivity index (χ0v) is 15.2. The number of ether oxygens (including phenoxy) is 4. The second-order valence-corrected chi connectivity index (χ2v) is 5.89. The molecule has 0 aliphatic carbocycles. The van der Waals surface area contributed by atoms with Crippen LogP contribution in [0.1, 0.15) is 12.5 Å². The van der Waals surface area contributed by atoms with Gasteiger partial charge in [-0.2, -0.15) is 8.78 Å². The number of nitrogens with one attached hydrogen (secondary N) is 1. The zero-order valence-electron chi connectivity index (χ0n) is 14.4. The van der Waals surface area contributed by atoms with E-state index in [9.17, 15) is 13.6 Å². The van der Waals surface area contributed by atoms with Crippen LogP contribution in [0.25, 0.3) is 0 Å². The molecule has 3 rings (SSSR count). The Morgan fingerprint density at radius 1 is 1.38 bits per heavy atom. The lowest BCUT2D eigenvalue weighted by atomic mass is 10.1. The lowest BCUT2D eigenvalue weighted by molar-refractivity contribution is -0.138. The Kier molecular flexibility index (Phi) is 6.85. The largest absolute Gasteiger partial charge is 0.454 e. The highest BCUT2D eigenvalue weighted by atomic mass is 35.5. The average Bonchev–Trinajstić information content (AvgIpc) is 3.01. The number of hydrogen-bond acceptors (Lipinski definition) is 6. The van der Waals surface area contributed by atoms with Gasteiger partial charge in [0.1, 0.15) is 11.8 Å². The molecule has 0 saturated carbocycles. The molecule has 1 N–H and O–H groups in total. The number of nitrogens with zero attached hydrogens (tertiary/aromatic N) is 1. The summed E-state index contributed by atoms with van der Waals surface area (Å²) in [5.41, 5.74) is 0.407. The van der Waals surface area contributed by atoms with Gasteiger partial charge in [-0.3, -0.25) is 4.79 Å². The summed E-state index contributed by atoms with van der Waals surface area (Å²) in [7, 11) is 1.60. The van der Waals surface area contributed by atoms with Crippen LogP contribution in [-0.4, -0.2) is 56.6 Å². The Bertz CT molecular complexity index is 649. The van der Waals surface area contributed by atoms with Crippen LogP contribution in [0.2, 0.25) is 0 Å². The third-order valence-corrected chi connectivity index (χ3v) is 4.14. The molecule has 0 spiro atoms. The number of halogens is 3. The van der Waals surface area contributed by atoms with Gasteiger partial charge in [-0.15, -0.1) is 12.4 Å². The minimum Gasteiger partial charge on any atom is -0.454 e. The highest BCUT2D eigenvalue weighted by Crippen LogP contribution is 2.39. The molecule has 146 valence electrons. The molecule has 1 saturated heterocycles. The number of hydrogen-bond donors (Lipinski definition) is 1. The minimum absolute atomic E-state index is 0. The zero-order chi connectivity index (χ0) is 18.0. The van der Waals surface area contributed by atoms with E-state index in [4.69, 9.17) is 14.2 Å². The Balaban J connectivity index is 0.00000243. The maximum atomic E-state index is 12.7. The molecule has 10 heteroatoms. The molecule has 2 heterocycles. The molecule has 1 aromatic rings. The molecule has 0 aromatic heterocycles. The average molecular weight is 395 g/mol. The van der Waals surface area contributed by atoms with Crippen molar-refractivity contribution in [2.75, 3.05) is 27.0 Å². The summed E-state index contributed by atoms with van der Waals surface area (Å²) in [5, 5.41) is 3.11. The number of benzene rings is 1. The van der Waals surface area contributed by atoms with Crippen LogP contribution in [0.4, 0.5) is 8.78 Å². The van der Waals surface area contributed by atoms with Crippen molar-refractivity contribution in [2.45, 2.75) is 32.2 Å². The van der Waals surface area contributed by atoms with Gasteiger partial charge in [0.05, 0.1) is 12.7 Å². The second kappa shape index (κ2) is 8.70. The van der Waals surface area contributed by atoms with Crippen molar-refractivity contribution in [1.29, 1.82) is 0 Å². The Morgan fingerprint density at radius 3 is 2.73 bits per heavy atom. The molecule has 0 unspecified atom stereocenters. The van der Waals surface area contributed by atoms with Crippen molar-refractivity contribution in [3.05, 3.63) is 17.7 Å². The molecule has 1 amide bonds. The number of carbonyl (C=O) groups excluding carboxylic acids is 1. The summed E-state index contributed by atoms with van der Waals surface area (Å²) < 4.78 is 45.9. The Morgan fingerprint density at radius 2 is 2.08 bits per heavy atom. The highest BCUT2D eigenvalue weighted by molar-refractivity contribution is 5.85. The third-order valence-electron chi connectivity index (χ3n) is 4.14. The van der Waals surface area contributed by atoms with E-state index in [1.54, 1.807) is 13.1 Å². The van der Waals surface area contributed by atoms with E-state index in [1.165, 1.54) is 11.0 Å². The number of alkyl halides is 2. The lowest BCUT2D eigenvalue weighted by Crippen LogP contribution is -2.55. The summed E-state index contributed by atoms with van der Waals surface area (Å²) in [5.74, 6) is 0.543. The van der Waals surface area contributed by atoms with Crippen LogP contribution in [0.5, 0.6) is 17.2 Å². The van der Waals surface area contributed by atoms with E-state index in [-0.39, 0.29) is 43.5 Å². The van der Waals surface area contributed by atoms with Crippen LogP contribution < -0.4 is 19.5 Å². The fraction of sp³-hybridized carbons (Fsp3) is 0.562. The topological polar surface area (TPSA) is 69.3 Å². The maximum absolute atomic E-state index is 12.7. The van der Waals surface area contributed by atoms with Crippen molar-refractivity contribution in [3.8, 4) is 17.2 Å². The predicted octanol–water partition coefficient (Wildman–Crippen LogP) is 1.77. The number of morpholine rings is 1. The van der Waals surface area contributed by atoms with Crippen LogP contribution in [0, 0.1) is 0 Å². The van der Waals surface area contributed by atoms with E-state index in [0.29, 0.717) is 30.2 Å². The minimum atomic E-state index is -2.98. The third kappa shape index (κ3) is 4.46. The molecule has 0 bridgehead atoms. The maximum Gasteiger partial charge on any atom is 0.387 e. The van der Waals surface area contributed by atoms with Gasteiger partial charge in [0.25, 0.3) is 0 Å². The summed E-state index contributed by atoms with van der Waals surface area (Å²) in [6.07, 6.45) is -0.266. The van der Waals surface area contributed by atoms with E-state index < -0.39 is 12.7 Å². The van der Waals surface area contributed by atoms with Gasteiger partial charge in [0, 0.05) is 31.8 Å². The summed E-state index contributed by atoms with van der Waals surface area (Å²) in [4.78, 5) is 14.1. The van der Waals surface area contributed by atoms with Crippen molar-refractivity contribution < 1.29 is 32.5 Å². The molecular weight excluding hydrogens is 374 g/mol. The fourth-order valence-electron chi connectivity index (χ4n) is 2.88. The van der Waals surface area contributed by atoms with Gasteiger partial charge in [-0.25, -0.2) is 0 Å². The number of likely N-dealkylation sites (N-methyl/N-ethyl adjacent to an activating group) is 1. The van der Waals surface area contributed by atoms with Gasteiger partial charge >= 0.3 is 6.61 Å². The van der Waals surface area contributed by atoms with E-state index in [2.05, 4.69) is 10.1 Å². The fourth-order valence-corrected chi connectivity index (χ4v) is 2.88. The Hall–Kier alpha value is -1.84. The summed E-state index contributed by atoms with van der Waals surface area (Å²) >= 11 is 0. The quantitative estimate of drug-likeness (QED) is 0.821. The first-order chi connectivity index (χ1) is 12.0. The first kappa shape index (κ1) is 20.5. The smallest absolute Gasteiger partial charge is 0.387 e. The first-order valence-corrected chi connectivity index (χ1v) is 7.93. The normalized spacial score (nSPS) is 21.3. The van der Waals surface area contributed by atoms with Gasteiger partial charge in [-0.05, 0) is 13.0 Å². The van der Waals surface area contributed by atoms with Gasteiger partial charge in [-0.1, -0.05) is 0 Å². The molecule has 0 radical (unpaired) electrons. The Labute approximate surface area is 155 Å². The number of rotatable bonds is 5. The van der Waals surface area contributed by atoms with Gasteiger partial charge in [0.2, 0.25) is 12.7 Å². The lowest BCUT2D eigenvalue weighted by Gasteiger charge is -2.32. The summed E-state index contributed by atoms with van der Waals surface area (Å²) in [6, 6.07) is 2.43. The number of amides is 1. The van der Waals surface area contributed by atoms with Gasteiger partial charge < -0.3 is 29.2 Å². The van der Waals surface area contributed by atoms with Crippen molar-refractivity contribution in [2.24, 2.45) is 0 Å². The molecule has 7 nitrogen and oxygen atoms in total. The first-order valence-electron chi connectivity index (χ1n) is 7.93. The SMILES string of the molecule is C[C@H]1OCCN[C@@H]1C(=O)N(C)Cc1cc2c(cc1OC(F)F)OCO2.Cl. The van der Waals surface area contributed by atoms with Crippen molar-refractivity contribution in [3.63, 3.8) is 0 Å². The van der Waals surface area contributed by atoms with Gasteiger partial charge in [0.15, 0.2) is 11.5 Å². The molecule has 2 aliphatic rings. The highest BCUT2D eigenvalue weighted by Gasteiger charge is 2.31. The molecule has 26 heavy (non-hydrogen) atoms. The van der Waals surface area contributed by atoms with Crippen LogP contribution in [0.3, 0.4) is 0 Å². The van der Waals surface area contributed by atoms with Crippen LogP contribution in [0.15, 0.2) is 12.1 Å². The van der Waals surface area contributed by atoms with Crippen LogP contribution in [-0.2, 0) is 16.1 Å². The monoisotopic (exact) mass is 394 g/mol. The van der Waals surface area contributed by atoms with E-state index in [1.807, 2.05) is 6.92 Å². The molecule has 1 aromatic carbocycles. The van der Waals surface area contributed by atoms with E-state index >= 15 is 0 Å². The standard InChI is InChI=1S/C16H20F2N2O5.ClH/c1-9-14(19-3-4-22-9)15(21)20(2)7-10-5-12-13(24-8-23-12)6-11(10)25-16(17)18;/h5-6,9,14,16,19H,3-4,7-8H2,1-2H3;1H/t9-,14+;/m1./s1. The number of fused-ring (bicyclic) bond motifs is 1. The van der Waals surface area contributed by atoms with E-state index in [0.717, 1.165) is 0 Å². The molecule has 1 fully saturated rings. The predicted molar refractivity (Wildman–Crippen MR) is 90.1 cm³/mol. The molecule has 2 aliphatic heterocycles. The van der Waals surface area contributed by atoms with Crippen molar-refractivity contribution >= 4 is 18.3 Å². The number of carbonyl (C=O) groups is 1. The molecule has 2 atom stereocenters. The second-order valence-electron chi connectivity index (χ2n) is 5.89. The van der Waals surface area contributed by atoms with Crippen molar-refractivity contribution in [1.82, 2.24) is 10.2 Å². The molecular formula is C16H21ClF2N2O5. The van der Waals surface area contributed by atoms with Crippen LogP contribution >= 0.6 is 12.4 Å².